The Hall–Kier alpha value is -2.99. The number of methoxy groups -OCH3 is 1. The van der Waals surface area contributed by atoms with E-state index in [4.69, 9.17) is 9.72 Å². The van der Waals surface area contributed by atoms with Crippen LogP contribution in [0.25, 0.3) is 0 Å². The monoisotopic (exact) mass is 510 g/mol. The number of hydrogen-bond donors (Lipinski definition) is 3. The number of carboxylic acid groups (broad SMARTS) is 1. The third-order valence-electron chi connectivity index (χ3n) is 6.03. The van der Waals surface area contributed by atoms with Crippen LogP contribution in [0.3, 0.4) is 0 Å². The second kappa shape index (κ2) is 13.4. The number of aryl methyl sites for hydroxylation is 2. The van der Waals surface area contributed by atoms with Crippen molar-refractivity contribution in [1.82, 2.24) is 19.9 Å². The molecule has 0 radical (unpaired) electrons. The highest BCUT2D eigenvalue weighted by Gasteiger charge is 2.33. The van der Waals surface area contributed by atoms with Gasteiger partial charge in [0.1, 0.15) is 29.7 Å². The van der Waals surface area contributed by atoms with Gasteiger partial charge in [-0.2, -0.15) is 13.2 Å². The Bertz CT molecular complexity index is 992. The van der Waals surface area contributed by atoms with Crippen molar-refractivity contribution in [2.45, 2.75) is 50.7 Å². The van der Waals surface area contributed by atoms with Crippen LogP contribution in [0.5, 0.6) is 0 Å². The number of aliphatic carboxylic acids is 1. The molecule has 198 valence electrons. The molecule has 1 aliphatic heterocycles. The minimum absolute atomic E-state index is 0.180. The van der Waals surface area contributed by atoms with Gasteiger partial charge in [-0.25, -0.2) is 19.7 Å². The van der Waals surface area contributed by atoms with Crippen LogP contribution < -0.4 is 10.6 Å². The standard InChI is InChI=1S/C24H33F3N6O3/c1-36-14-13-33(11-3-2-6-18-8-7-17-5-4-10-28-22(17)31-18)12-9-19(23(34)35)32-21-15-20(24(25,26)27)29-16-30-21/h7-8,15-16,19H,2-6,9-14H2,1H3,(H,28,31)(H,34,35)(H,29,30,32)/t19-/m0/s1. The molecule has 3 heterocycles. The molecule has 12 heteroatoms. The van der Waals surface area contributed by atoms with E-state index in [0.717, 1.165) is 63.0 Å². The number of halogens is 3. The van der Waals surface area contributed by atoms with Crippen molar-refractivity contribution in [3.63, 3.8) is 0 Å². The molecule has 0 fully saturated rings. The summed E-state index contributed by atoms with van der Waals surface area (Å²) in [7, 11) is 1.60. The fraction of sp³-hybridized carbons (Fsp3) is 0.583. The molecule has 0 unspecified atom stereocenters. The van der Waals surface area contributed by atoms with Gasteiger partial charge in [-0.15, -0.1) is 0 Å². The fourth-order valence-corrected chi connectivity index (χ4v) is 4.04. The second-order valence-corrected chi connectivity index (χ2v) is 8.74. The summed E-state index contributed by atoms with van der Waals surface area (Å²) in [6.07, 6.45) is 1.15. The van der Waals surface area contributed by atoms with E-state index in [2.05, 4.69) is 37.6 Å². The number of ether oxygens (including phenoxy) is 1. The lowest BCUT2D eigenvalue weighted by Crippen LogP contribution is -2.37. The number of carbonyl (C=O) groups is 1. The van der Waals surface area contributed by atoms with Crippen molar-refractivity contribution in [2.75, 3.05) is 50.5 Å². The lowest BCUT2D eigenvalue weighted by Gasteiger charge is -2.24. The van der Waals surface area contributed by atoms with Gasteiger partial charge in [-0.3, -0.25) is 0 Å². The number of unbranched alkanes of at least 4 members (excludes halogenated alkanes) is 1. The van der Waals surface area contributed by atoms with Crippen molar-refractivity contribution in [2.24, 2.45) is 0 Å². The Morgan fingerprint density at radius 3 is 2.83 bits per heavy atom. The molecule has 1 aliphatic rings. The molecule has 0 spiro atoms. The molecular weight excluding hydrogens is 477 g/mol. The zero-order chi connectivity index (χ0) is 26.0. The molecule has 3 N–H and O–H groups in total. The molecule has 2 aromatic heterocycles. The van der Waals surface area contributed by atoms with E-state index in [1.54, 1.807) is 7.11 Å². The minimum Gasteiger partial charge on any atom is -0.480 e. The van der Waals surface area contributed by atoms with E-state index in [9.17, 15) is 23.1 Å². The molecule has 0 aromatic carbocycles. The van der Waals surface area contributed by atoms with Gasteiger partial charge in [0.05, 0.1) is 6.61 Å². The second-order valence-electron chi connectivity index (χ2n) is 8.74. The summed E-state index contributed by atoms with van der Waals surface area (Å²) >= 11 is 0. The van der Waals surface area contributed by atoms with E-state index in [1.165, 1.54) is 5.56 Å². The van der Waals surface area contributed by atoms with Crippen LogP contribution in [0.1, 0.15) is 42.6 Å². The number of rotatable bonds is 14. The number of hydrogen-bond acceptors (Lipinski definition) is 8. The fourth-order valence-electron chi connectivity index (χ4n) is 4.04. The van der Waals surface area contributed by atoms with E-state index in [-0.39, 0.29) is 12.2 Å². The number of nitrogens with one attached hydrogen (secondary N) is 2. The summed E-state index contributed by atoms with van der Waals surface area (Å²) in [5.74, 6) is -0.361. The Kier molecular flexibility index (Phi) is 10.2. The maximum Gasteiger partial charge on any atom is 0.433 e. The van der Waals surface area contributed by atoms with Gasteiger partial charge in [-0.1, -0.05) is 6.07 Å². The maximum atomic E-state index is 12.9. The zero-order valence-electron chi connectivity index (χ0n) is 20.4. The Morgan fingerprint density at radius 1 is 1.25 bits per heavy atom. The number of fused-ring (bicyclic) bond motifs is 1. The molecule has 1 atom stereocenters. The number of alkyl halides is 3. The predicted molar refractivity (Wildman–Crippen MR) is 129 cm³/mol. The van der Waals surface area contributed by atoms with Gasteiger partial charge >= 0.3 is 12.1 Å². The number of aromatic nitrogens is 3. The molecule has 0 amide bonds. The van der Waals surface area contributed by atoms with Gasteiger partial charge in [0.2, 0.25) is 0 Å². The maximum absolute atomic E-state index is 12.9. The summed E-state index contributed by atoms with van der Waals surface area (Å²) in [4.78, 5) is 25.5. The predicted octanol–water partition coefficient (Wildman–Crippen LogP) is 3.48. The summed E-state index contributed by atoms with van der Waals surface area (Å²) < 4.78 is 43.9. The largest absolute Gasteiger partial charge is 0.480 e. The van der Waals surface area contributed by atoms with Gasteiger partial charge in [-0.05, 0) is 56.7 Å². The van der Waals surface area contributed by atoms with E-state index in [0.29, 0.717) is 25.8 Å². The molecule has 0 bridgehead atoms. The van der Waals surface area contributed by atoms with Gasteiger partial charge < -0.3 is 25.4 Å². The van der Waals surface area contributed by atoms with Crippen molar-refractivity contribution >= 4 is 17.6 Å². The first-order chi connectivity index (χ1) is 17.3. The van der Waals surface area contributed by atoms with Crippen molar-refractivity contribution in [3.8, 4) is 0 Å². The molecule has 0 aliphatic carbocycles. The molecule has 9 nitrogen and oxygen atoms in total. The van der Waals surface area contributed by atoms with E-state index < -0.39 is 23.9 Å². The van der Waals surface area contributed by atoms with Crippen LogP contribution in [0.4, 0.5) is 24.8 Å². The zero-order valence-corrected chi connectivity index (χ0v) is 20.4. The highest BCUT2D eigenvalue weighted by atomic mass is 19.4. The van der Waals surface area contributed by atoms with Crippen LogP contribution in [0.2, 0.25) is 0 Å². The summed E-state index contributed by atoms with van der Waals surface area (Å²) in [6, 6.07) is 3.83. The van der Waals surface area contributed by atoms with Gasteiger partial charge in [0.25, 0.3) is 0 Å². The number of anilines is 2. The molecule has 0 saturated carbocycles. The van der Waals surface area contributed by atoms with Crippen LogP contribution >= 0.6 is 0 Å². The Labute approximate surface area is 208 Å². The molecule has 3 rings (SSSR count). The SMILES string of the molecule is COCCN(CCCCc1ccc2c(n1)NCCC2)CC[C@H](Nc1cc(C(F)(F)F)ncn1)C(=O)O. The Morgan fingerprint density at radius 2 is 2.08 bits per heavy atom. The van der Waals surface area contributed by atoms with Crippen LogP contribution in [-0.4, -0.2) is 76.9 Å². The number of pyridine rings is 1. The number of nitrogens with zero attached hydrogens (tertiary/aromatic N) is 4. The topological polar surface area (TPSA) is 113 Å². The van der Waals surface area contributed by atoms with Gasteiger partial charge in [0.15, 0.2) is 0 Å². The van der Waals surface area contributed by atoms with Crippen LogP contribution in [0, 0.1) is 0 Å². The smallest absolute Gasteiger partial charge is 0.433 e. The van der Waals surface area contributed by atoms with Gasteiger partial charge in [0, 0.05) is 38.5 Å². The van der Waals surface area contributed by atoms with Crippen LogP contribution in [-0.2, 0) is 28.5 Å². The first-order valence-electron chi connectivity index (χ1n) is 12.1. The van der Waals surface area contributed by atoms with Crippen LogP contribution in [0.15, 0.2) is 24.5 Å². The molecule has 0 saturated heterocycles. The lowest BCUT2D eigenvalue weighted by atomic mass is 10.1. The lowest BCUT2D eigenvalue weighted by molar-refractivity contribution is -0.141. The first kappa shape index (κ1) is 27.6. The summed E-state index contributed by atoms with van der Waals surface area (Å²) in [6.45, 7) is 3.24. The third kappa shape index (κ3) is 8.59. The normalized spacial score (nSPS) is 14.2. The third-order valence-corrected chi connectivity index (χ3v) is 6.03. The average Bonchev–Trinajstić information content (AvgIpc) is 2.86. The van der Waals surface area contributed by atoms with Crippen molar-refractivity contribution in [3.05, 3.63) is 41.5 Å². The first-order valence-corrected chi connectivity index (χ1v) is 12.1. The summed E-state index contributed by atoms with van der Waals surface area (Å²) in [5, 5.41) is 15.5. The summed E-state index contributed by atoms with van der Waals surface area (Å²) in [5.41, 5.74) is 1.17. The van der Waals surface area contributed by atoms with Crippen molar-refractivity contribution < 1.29 is 27.8 Å². The Balaban J connectivity index is 1.50. The van der Waals surface area contributed by atoms with Crippen molar-refractivity contribution in [1.29, 1.82) is 0 Å². The van der Waals surface area contributed by atoms with E-state index >= 15 is 0 Å². The van der Waals surface area contributed by atoms with E-state index in [1.807, 2.05) is 0 Å². The highest BCUT2D eigenvalue weighted by Crippen LogP contribution is 2.28. The quantitative estimate of drug-likeness (QED) is 0.329. The molecule has 36 heavy (non-hydrogen) atoms. The molecular formula is C24H33F3N6O3. The minimum atomic E-state index is -4.64. The average molecular weight is 511 g/mol. The molecule has 2 aromatic rings. The highest BCUT2D eigenvalue weighted by molar-refractivity contribution is 5.76. The number of carboxylic acids is 1.